The molecule has 0 bridgehead atoms. The second-order valence-electron chi connectivity index (χ2n) is 13.0. The second-order valence-corrected chi connectivity index (χ2v) is 20.6. The van der Waals surface area contributed by atoms with E-state index in [4.69, 9.17) is 4.74 Å². The molecule has 11 heteroatoms. The number of carbonyl (C=O) groups is 1. The Morgan fingerprint density at radius 3 is 2.57 bits per heavy atom. The van der Waals surface area contributed by atoms with E-state index < -0.39 is 18.1 Å². The molecule has 1 N–H and O–H groups in total. The fraction of sp³-hybridized carbons (Fsp3) is 0.581. The average molecular weight is 612 g/mol. The molecule has 0 spiro atoms. The quantitative estimate of drug-likeness (QED) is 0.205. The smallest absolute Gasteiger partial charge is 0.218 e. The first-order valence-electron chi connectivity index (χ1n) is 15.0. The number of ketones is 1. The highest BCUT2D eigenvalue weighted by Gasteiger charge is 2.30. The zero-order valence-corrected chi connectivity index (χ0v) is 27.5. The average Bonchev–Trinajstić information content (AvgIpc) is 3.35. The number of aromatic nitrogens is 2. The van der Waals surface area contributed by atoms with Gasteiger partial charge in [-0.3, -0.25) is 4.79 Å². The number of ether oxygens (including phenoxy) is 1. The van der Waals surface area contributed by atoms with Gasteiger partial charge in [-0.15, -0.1) is 0 Å². The molecular formula is C31H45N5O4SSi. The summed E-state index contributed by atoms with van der Waals surface area (Å²) in [4.78, 5) is 17.9. The predicted molar refractivity (Wildman–Crippen MR) is 168 cm³/mol. The van der Waals surface area contributed by atoms with Gasteiger partial charge in [-0.05, 0) is 67.8 Å². The molecule has 1 aliphatic carbocycles. The van der Waals surface area contributed by atoms with Crippen LogP contribution in [0.2, 0.25) is 25.7 Å². The van der Waals surface area contributed by atoms with Crippen molar-refractivity contribution < 1.29 is 17.9 Å². The Bertz CT molecular complexity index is 1440. The molecule has 1 aromatic carbocycles. The van der Waals surface area contributed by atoms with Crippen molar-refractivity contribution in [3.63, 3.8) is 0 Å². The van der Waals surface area contributed by atoms with Gasteiger partial charge in [-0.1, -0.05) is 43.9 Å². The molecule has 1 fully saturated rings. The maximum atomic E-state index is 13.6. The van der Waals surface area contributed by atoms with Crippen molar-refractivity contribution in [3.8, 4) is 6.07 Å². The topological polar surface area (TPSA) is 117 Å². The summed E-state index contributed by atoms with van der Waals surface area (Å²) in [6.07, 6.45) is 7.92. The lowest BCUT2D eigenvalue weighted by Gasteiger charge is -2.35. The molecule has 1 aliphatic heterocycles. The SMILES string of the molecule is C[C@@H]1CN(S(=O)(=O)Cc2ccc(CC(=O)c3nc(C#N)cn3COCC[Si](C)(C)C)c(C3=CCCCC3)c2)C[C@H](C)N1. The van der Waals surface area contributed by atoms with Gasteiger partial charge >= 0.3 is 0 Å². The molecule has 0 radical (unpaired) electrons. The van der Waals surface area contributed by atoms with Gasteiger partial charge in [0.2, 0.25) is 15.8 Å². The second kappa shape index (κ2) is 13.8. The van der Waals surface area contributed by atoms with Gasteiger partial charge in [-0.25, -0.2) is 13.4 Å². The summed E-state index contributed by atoms with van der Waals surface area (Å²) in [7, 11) is -4.76. The van der Waals surface area contributed by atoms with Gasteiger partial charge in [0, 0.05) is 52.5 Å². The van der Waals surface area contributed by atoms with Crippen molar-refractivity contribution in [2.75, 3.05) is 19.7 Å². The monoisotopic (exact) mass is 611 g/mol. The van der Waals surface area contributed by atoms with Crippen LogP contribution in [-0.4, -0.2) is 67.9 Å². The minimum absolute atomic E-state index is 0.0777. The standard InChI is InChI=1S/C31H45N5O4SSi/c1-23-18-36(19-24(2)33-23)41(38,39)21-25-11-12-27(29(15-25)26-9-7-6-8-10-26)16-30(37)31-34-28(17-32)20-35(31)22-40-13-14-42(3,4)5/h9,11-12,15,20,23-24,33H,6-8,10,13-14,16,18-19,21-22H2,1-5H3/t23-,24+. The van der Waals surface area contributed by atoms with Crippen LogP contribution in [0.25, 0.3) is 5.57 Å². The molecule has 9 nitrogen and oxygen atoms in total. The van der Waals surface area contributed by atoms with Gasteiger partial charge in [0.1, 0.15) is 12.8 Å². The number of benzene rings is 1. The van der Waals surface area contributed by atoms with Gasteiger partial charge in [0.15, 0.2) is 11.5 Å². The van der Waals surface area contributed by atoms with E-state index in [2.05, 4.69) is 36.0 Å². The number of allylic oxidation sites excluding steroid dienone is 2. The molecule has 2 aromatic rings. The molecular weight excluding hydrogens is 567 g/mol. The number of nitrogens with one attached hydrogen (secondary N) is 1. The number of sulfonamides is 1. The predicted octanol–water partition coefficient (Wildman–Crippen LogP) is 4.96. The first-order valence-corrected chi connectivity index (χ1v) is 20.3. The molecule has 2 aliphatic rings. The number of imidazole rings is 1. The van der Waals surface area contributed by atoms with Crippen LogP contribution in [0.4, 0.5) is 0 Å². The Balaban J connectivity index is 1.57. The summed E-state index contributed by atoms with van der Waals surface area (Å²) in [5, 5.41) is 12.8. The van der Waals surface area contributed by atoms with Crippen LogP contribution in [0.5, 0.6) is 0 Å². The number of carbonyl (C=O) groups excluding carboxylic acids is 1. The van der Waals surface area contributed by atoms with Gasteiger partial charge in [0.25, 0.3) is 0 Å². The fourth-order valence-corrected chi connectivity index (χ4v) is 8.08. The van der Waals surface area contributed by atoms with E-state index in [-0.39, 0.29) is 48.3 Å². The van der Waals surface area contributed by atoms with Gasteiger partial charge in [0.05, 0.1) is 5.75 Å². The number of nitrogens with zero attached hydrogens (tertiary/aromatic N) is 4. The molecule has 4 rings (SSSR count). The molecule has 2 heterocycles. The van der Waals surface area contributed by atoms with Crippen LogP contribution < -0.4 is 5.32 Å². The maximum absolute atomic E-state index is 13.6. The molecule has 0 saturated carbocycles. The molecule has 1 aromatic heterocycles. The zero-order valence-electron chi connectivity index (χ0n) is 25.6. The first kappa shape index (κ1) is 32.3. The Labute approximate surface area is 252 Å². The van der Waals surface area contributed by atoms with Crippen LogP contribution in [0.15, 0.2) is 30.5 Å². The molecule has 2 atom stereocenters. The summed E-state index contributed by atoms with van der Waals surface area (Å²) in [6.45, 7) is 12.5. The normalized spacial score (nSPS) is 20.2. The molecule has 228 valence electrons. The summed E-state index contributed by atoms with van der Waals surface area (Å²) < 4.78 is 35.9. The number of piperazine rings is 1. The lowest BCUT2D eigenvalue weighted by Crippen LogP contribution is -2.55. The lowest BCUT2D eigenvalue weighted by molar-refractivity contribution is 0.0799. The Morgan fingerprint density at radius 1 is 1.19 bits per heavy atom. The van der Waals surface area contributed by atoms with Crippen LogP contribution in [0.3, 0.4) is 0 Å². The van der Waals surface area contributed by atoms with Crippen molar-refractivity contribution in [1.29, 1.82) is 5.26 Å². The van der Waals surface area contributed by atoms with Gasteiger partial charge < -0.3 is 14.6 Å². The number of nitriles is 1. The first-order chi connectivity index (χ1) is 19.8. The minimum atomic E-state index is -3.50. The van der Waals surface area contributed by atoms with Crippen molar-refractivity contribution >= 4 is 29.5 Å². The van der Waals surface area contributed by atoms with Crippen molar-refractivity contribution in [1.82, 2.24) is 19.2 Å². The summed E-state index contributed by atoms with van der Waals surface area (Å²) in [5.41, 5.74) is 3.83. The van der Waals surface area contributed by atoms with Crippen LogP contribution in [-0.2, 0) is 33.7 Å². The Kier molecular flexibility index (Phi) is 10.6. The lowest BCUT2D eigenvalue weighted by atomic mass is 9.88. The zero-order chi connectivity index (χ0) is 30.5. The highest BCUT2D eigenvalue weighted by Crippen LogP contribution is 2.31. The highest BCUT2D eigenvalue weighted by atomic mass is 32.2. The summed E-state index contributed by atoms with van der Waals surface area (Å²) >= 11 is 0. The van der Waals surface area contributed by atoms with E-state index in [1.807, 2.05) is 38.1 Å². The largest absolute Gasteiger partial charge is 0.361 e. The minimum Gasteiger partial charge on any atom is -0.361 e. The van der Waals surface area contributed by atoms with E-state index in [1.54, 1.807) is 15.1 Å². The third-order valence-corrected chi connectivity index (χ3v) is 11.3. The van der Waals surface area contributed by atoms with E-state index in [0.717, 1.165) is 54.0 Å². The van der Waals surface area contributed by atoms with Crippen LogP contribution in [0, 0.1) is 11.3 Å². The van der Waals surface area contributed by atoms with E-state index in [0.29, 0.717) is 19.7 Å². The fourth-order valence-electron chi connectivity index (χ4n) is 5.64. The van der Waals surface area contributed by atoms with Crippen molar-refractivity contribution in [2.24, 2.45) is 0 Å². The van der Waals surface area contributed by atoms with Crippen molar-refractivity contribution in [2.45, 2.75) is 96.2 Å². The molecule has 0 amide bonds. The number of hydrogen-bond donors (Lipinski definition) is 1. The Morgan fingerprint density at radius 2 is 1.93 bits per heavy atom. The summed E-state index contributed by atoms with van der Waals surface area (Å²) in [5.74, 6) is -0.0742. The molecule has 1 saturated heterocycles. The van der Waals surface area contributed by atoms with E-state index in [1.165, 1.54) is 0 Å². The van der Waals surface area contributed by atoms with E-state index >= 15 is 0 Å². The number of rotatable bonds is 12. The maximum Gasteiger partial charge on any atom is 0.218 e. The highest BCUT2D eigenvalue weighted by molar-refractivity contribution is 7.88. The number of hydrogen-bond acceptors (Lipinski definition) is 7. The van der Waals surface area contributed by atoms with Gasteiger partial charge in [-0.2, -0.15) is 9.57 Å². The molecule has 0 unspecified atom stereocenters. The van der Waals surface area contributed by atoms with Crippen LogP contribution >= 0.6 is 0 Å². The molecule has 42 heavy (non-hydrogen) atoms. The summed E-state index contributed by atoms with van der Waals surface area (Å²) in [6, 6.07) is 8.91. The van der Waals surface area contributed by atoms with Crippen LogP contribution in [0.1, 0.15) is 72.5 Å². The third-order valence-electron chi connectivity index (χ3n) is 7.80. The van der Waals surface area contributed by atoms with Crippen molar-refractivity contribution in [3.05, 3.63) is 58.7 Å². The number of Topliss-reactive ketones (excluding diaryl/α,β-unsaturated/α-hetero) is 1. The Hall–Kier alpha value is -2.62. The third kappa shape index (κ3) is 8.71. The van der Waals surface area contributed by atoms with E-state index in [9.17, 15) is 18.5 Å².